The first-order chi connectivity index (χ1) is 11.5. The third kappa shape index (κ3) is 4.06. The highest BCUT2D eigenvalue weighted by atomic mass is 16.5. The molecule has 2 heterocycles. The lowest BCUT2D eigenvalue weighted by molar-refractivity contribution is -0.894. The fraction of sp³-hybridized carbons (Fsp3) is 0.684. The van der Waals surface area contributed by atoms with E-state index in [2.05, 4.69) is 51.0 Å². The van der Waals surface area contributed by atoms with E-state index in [0.29, 0.717) is 6.61 Å². The summed E-state index contributed by atoms with van der Waals surface area (Å²) in [6.07, 6.45) is 1.69. The van der Waals surface area contributed by atoms with Gasteiger partial charge in [-0.3, -0.25) is 5.32 Å². The molecule has 0 fully saturated rings. The fourth-order valence-electron chi connectivity index (χ4n) is 3.41. The van der Waals surface area contributed by atoms with Gasteiger partial charge in [-0.1, -0.05) is 6.92 Å². The number of fused-ring (bicyclic) bond motifs is 1. The number of ether oxygens (including phenoxy) is 1. The summed E-state index contributed by atoms with van der Waals surface area (Å²) in [4.78, 5) is 5.02. The van der Waals surface area contributed by atoms with E-state index in [-0.39, 0.29) is 5.60 Å². The molecule has 1 aliphatic rings. The molecule has 0 radical (unpaired) electrons. The van der Waals surface area contributed by atoms with Crippen LogP contribution in [0.5, 0.6) is 0 Å². The number of hydrogen-bond donors (Lipinski definition) is 2. The third-order valence-electron chi connectivity index (χ3n) is 5.01. The fourth-order valence-corrected chi connectivity index (χ4v) is 3.41. The first-order valence-electron chi connectivity index (χ1n) is 9.17. The molecule has 0 saturated carbocycles. The van der Waals surface area contributed by atoms with Crippen molar-refractivity contribution in [2.24, 2.45) is 0 Å². The zero-order valence-corrected chi connectivity index (χ0v) is 15.8. The molecule has 0 aromatic carbocycles. The van der Waals surface area contributed by atoms with Crippen molar-refractivity contribution >= 4 is 5.82 Å². The van der Waals surface area contributed by atoms with Crippen LogP contribution in [0.2, 0.25) is 0 Å². The molecule has 1 aliphatic heterocycles. The predicted molar refractivity (Wildman–Crippen MR) is 95.1 cm³/mol. The van der Waals surface area contributed by atoms with Crippen LogP contribution >= 0.6 is 0 Å². The highest BCUT2D eigenvalue weighted by Gasteiger charge is 2.33. The molecule has 5 nitrogen and oxygen atoms in total. The summed E-state index contributed by atoms with van der Waals surface area (Å²) in [6, 6.07) is 2.42. The summed E-state index contributed by atoms with van der Waals surface area (Å²) in [5.74, 6) is 0.873. The molecule has 0 spiro atoms. The second-order valence-corrected chi connectivity index (χ2v) is 7.14. The summed E-state index contributed by atoms with van der Waals surface area (Å²) in [6.45, 7) is 15.5. The van der Waals surface area contributed by atoms with Gasteiger partial charge < -0.3 is 9.64 Å². The Hall–Kier alpha value is -1.64. The van der Waals surface area contributed by atoms with Crippen molar-refractivity contribution in [1.29, 1.82) is 5.26 Å². The Kier molecular flexibility index (Phi) is 6.20. The SMILES string of the molecule is CCc1[nH+]c(NCC[NH+](CC)CC)c(C#N)c2c1COC(C)(C)C2. The largest absolute Gasteiger partial charge is 0.370 e. The standard InChI is InChI=1S/C19H30N4O/c1-6-17-16-13-24-19(4,5)11-14(16)15(12-20)18(22-17)21-9-10-23(7-2)8-3/h6-11,13H2,1-5H3,(H,21,22)/p+2. The Labute approximate surface area is 146 Å². The van der Waals surface area contributed by atoms with Crippen molar-refractivity contribution in [1.82, 2.24) is 0 Å². The first-order valence-corrected chi connectivity index (χ1v) is 9.17. The number of aromatic nitrogens is 1. The van der Waals surface area contributed by atoms with Gasteiger partial charge in [-0.15, -0.1) is 0 Å². The number of nitrogens with one attached hydrogen (secondary N) is 3. The average Bonchev–Trinajstić information content (AvgIpc) is 2.56. The summed E-state index contributed by atoms with van der Waals surface area (Å²) in [7, 11) is 0. The van der Waals surface area contributed by atoms with Crippen LogP contribution in [0.3, 0.4) is 0 Å². The average molecular weight is 332 g/mol. The van der Waals surface area contributed by atoms with E-state index in [1.165, 1.54) is 11.3 Å². The normalized spacial score (nSPS) is 15.9. The van der Waals surface area contributed by atoms with E-state index in [0.717, 1.165) is 56.0 Å². The van der Waals surface area contributed by atoms with Crippen molar-refractivity contribution < 1.29 is 14.6 Å². The van der Waals surface area contributed by atoms with Crippen LogP contribution in [0.25, 0.3) is 0 Å². The number of quaternary nitrogens is 1. The van der Waals surface area contributed by atoms with E-state index >= 15 is 0 Å². The van der Waals surface area contributed by atoms with E-state index < -0.39 is 0 Å². The number of pyridine rings is 1. The molecule has 0 saturated heterocycles. The maximum absolute atomic E-state index is 9.75. The van der Waals surface area contributed by atoms with Crippen LogP contribution in [0.15, 0.2) is 0 Å². The molecular weight excluding hydrogens is 300 g/mol. The first kappa shape index (κ1) is 18.7. The number of aromatic amines is 1. The number of nitriles is 1. The third-order valence-corrected chi connectivity index (χ3v) is 5.01. The van der Waals surface area contributed by atoms with Crippen LogP contribution in [-0.2, 0) is 24.2 Å². The highest BCUT2D eigenvalue weighted by molar-refractivity contribution is 5.56. The molecule has 3 N–H and O–H groups in total. The van der Waals surface area contributed by atoms with E-state index in [9.17, 15) is 5.26 Å². The minimum absolute atomic E-state index is 0.215. The molecule has 0 atom stereocenters. The van der Waals surface area contributed by atoms with Crippen LogP contribution in [0.1, 0.15) is 57.0 Å². The summed E-state index contributed by atoms with van der Waals surface area (Å²) in [5, 5.41) is 13.2. The van der Waals surface area contributed by atoms with Crippen molar-refractivity contribution in [2.75, 3.05) is 31.5 Å². The Morgan fingerprint density at radius 1 is 1.25 bits per heavy atom. The van der Waals surface area contributed by atoms with E-state index in [4.69, 9.17) is 4.74 Å². The lowest BCUT2D eigenvalue weighted by Crippen LogP contribution is -3.12. The molecular formula is C19H32N4O+2. The minimum Gasteiger partial charge on any atom is -0.370 e. The monoisotopic (exact) mass is 332 g/mol. The molecule has 132 valence electrons. The molecule has 0 unspecified atom stereocenters. The highest BCUT2D eigenvalue weighted by Crippen LogP contribution is 2.32. The quantitative estimate of drug-likeness (QED) is 0.786. The summed E-state index contributed by atoms with van der Waals surface area (Å²) in [5.41, 5.74) is 4.05. The van der Waals surface area contributed by atoms with Crippen LogP contribution in [0.4, 0.5) is 5.82 Å². The van der Waals surface area contributed by atoms with Crippen molar-refractivity contribution in [2.45, 2.75) is 59.7 Å². The number of likely N-dealkylation sites (N-methyl/N-ethyl adjacent to an activating group) is 1. The van der Waals surface area contributed by atoms with Crippen LogP contribution < -0.4 is 15.2 Å². The van der Waals surface area contributed by atoms with Gasteiger partial charge in [0.1, 0.15) is 30.4 Å². The lowest BCUT2D eigenvalue weighted by Gasteiger charge is -2.32. The van der Waals surface area contributed by atoms with Gasteiger partial charge in [0.05, 0.1) is 25.3 Å². The molecule has 24 heavy (non-hydrogen) atoms. The number of hydrogen-bond acceptors (Lipinski definition) is 3. The molecule has 5 heteroatoms. The van der Waals surface area contributed by atoms with Gasteiger partial charge >= 0.3 is 0 Å². The molecule has 1 aromatic heterocycles. The van der Waals surface area contributed by atoms with Crippen molar-refractivity contribution in [3.05, 3.63) is 22.4 Å². The second-order valence-electron chi connectivity index (χ2n) is 7.14. The number of anilines is 1. The molecule has 0 aliphatic carbocycles. The molecule has 2 rings (SSSR count). The van der Waals surface area contributed by atoms with Gasteiger partial charge in [-0.05, 0) is 33.3 Å². The summed E-state index contributed by atoms with van der Waals surface area (Å²) < 4.78 is 5.96. The topological polar surface area (TPSA) is 63.6 Å². The van der Waals surface area contributed by atoms with Gasteiger partial charge in [0.25, 0.3) is 5.82 Å². The van der Waals surface area contributed by atoms with E-state index in [1.807, 2.05) is 0 Å². The maximum atomic E-state index is 9.75. The number of nitrogens with zero attached hydrogens (tertiary/aromatic N) is 1. The van der Waals surface area contributed by atoms with Gasteiger partial charge in [0, 0.05) is 18.4 Å². The Morgan fingerprint density at radius 3 is 2.54 bits per heavy atom. The van der Waals surface area contributed by atoms with Crippen molar-refractivity contribution in [3.8, 4) is 6.07 Å². The summed E-state index contributed by atoms with van der Waals surface area (Å²) >= 11 is 0. The number of aryl methyl sites for hydroxylation is 1. The van der Waals surface area contributed by atoms with Crippen LogP contribution in [0, 0.1) is 11.3 Å². The Bertz CT molecular complexity index is 615. The van der Waals surface area contributed by atoms with Gasteiger partial charge in [-0.2, -0.15) is 5.26 Å². The minimum atomic E-state index is -0.215. The van der Waals surface area contributed by atoms with Gasteiger partial charge in [-0.25, -0.2) is 4.98 Å². The van der Waals surface area contributed by atoms with Gasteiger partial charge in [0.2, 0.25) is 0 Å². The zero-order chi connectivity index (χ0) is 17.7. The van der Waals surface area contributed by atoms with Crippen LogP contribution in [-0.4, -0.2) is 31.8 Å². The zero-order valence-electron chi connectivity index (χ0n) is 15.8. The van der Waals surface area contributed by atoms with Gasteiger partial charge in [0.15, 0.2) is 0 Å². The Balaban J connectivity index is 2.30. The predicted octanol–water partition coefficient (Wildman–Crippen LogP) is 1.12. The number of H-pyrrole nitrogens is 1. The molecule has 0 bridgehead atoms. The number of rotatable bonds is 7. The second kappa shape index (κ2) is 7.96. The smallest absolute Gasteiger partial charge is 0.291 e. The molecule has 1 aromatic rings. The van der Waals surface area contributed by atoms with E-state index in [1.54, 1.807) is 4.90 Å². The maximum Gasteiger partial charge on any atom is 0.291 e. The molecule has 0 amide bonds. The Morgan fingerprint density at radius 2 is 1.96 bits per heavy atom. The lowest BCUT2D eigenvalue weighted by atomic mass is 9.87. The van der Waals surface area contributed by atoms with Crippen molar-refractivity contribution in [3.63, 3.8) is 0 Å².